The smallest absolute Gasteiger partial charge is 0.234 e. The monoisotopic (exact) mass is 424 g/mol. The third-order valence-electron chi connectivity index (χ3n) is 5.40. The third kappa shape index (κ3) is 4.05. The molecule has 2 N–H and O–H groups in total. The molecule has 0 spiro atoms. The molecular formula is C19H25BrN2O2S. The van der Waals surface area contributed by atoms with Gasteiger partial charge in [0.25, 0.3) is 0 Å². The maximum Gasteiger partial charge on any atom is 0.234 e. The summed E-state index contributed by atoms with van der Waals surface area (Å²) in [5.74, 6) is 7.20. The molecule has 0 radical (unpaired) electrons. The molecule has 3 atom stereocenters. The third-order valence-corrected chi connectivity index (χ3v) is 7.70. The minimum Gasteiger partial charge on any atom is -0.316 e. The number of alkyl halides is 1. The number of anilines is 1. The molecule has 0 bridgehead atoms. The topological polar surface area (TPSA) is 58.2 Å². The van der Waals surface area contributed by atoms with E-state index in [0.29, 0.717) is 17.5 Å². The lowest BCUT2D eigenvalue weighted by Crippen LogP contribution is -2.24. The van der Waals surface area contributed by atoms with Gasteiger partial charge in [0, 0.05) is 17.5 Å². The molecule has 1 saturated heterocycles. The molecule has 1 aromatic carbocycles. The molecule has 0 amide bonds. The molecule has 1 heterocycles. The van der Waals surface area contributed by atoms with E-state index in [1.165, 1.54) is 5.56 Å². The average molecular weight is 425 g/mol. The van der Waals surface area contributed by atoms with Gasteiger partial charge in [-0.15, -0.1) is 5.92 Å². The van der Waals surface area contributed by atoms with Crippen LogP contribution in [-0.2, 0) is 15.4 Å². The van der Waals surface area contributed by atoms with Gasteiger partial charge in [-0.05, 0) is 49.0 Å². The van der Waals surface area contributed by atoms with Crippen LogP contribution in [-0.4, -0.2) is 32.1 Å². The van der Waals surface area contributed by atoms with E-state index in [1.807, 2.05) is 25.1 Å². The Morgan fingerprint density at radius 3 is 2.80 bits per heavy atom. The molecule has 0 aromatic heterocycles. The van der Waals surface area contributed by atoms with E-state index < -0.39 is 10.0 Å². The summed E-state index contributed by atoms with van der Waals surface area (Å²) in [7, 11) is -3.44. The van der Waals surface area contributed by atoms with Crippen LogP contribution in [0.3, 0.4) is 0 Å². The van der Waals surface area contributed by atoms with Gasteiger partial charge in [-0.1, -0.05) is 47.8 Å². The van der Waals surface area contributed by atoms with Gasteiger partial charge in [-0.3, -0.25) is 4.72 Å². The Bertz CT molecular complexity index is 787. The highest BCUT2D eigenvalue weighted by molar-refractivity contribution is 9.09. The first kappa shape index (κ1) is 18.8. The number of sulfonamides is 1. The van der Waals surface area contributed by atoms with Gasteiger partial charge in [0.1, 0.15) is 0 Å². The number of benzene rings is 1. The number of rotatable bonds is 6. The standard InChI is InChI=1S/C19H25BrN2O2S/c1-3-4-5-8-15(20)13-25(23,24)22-16-9-6-7-14(10-16)19(2)17-11-21-12-18(17)19/h6-7,9-10,15,17-18,21-22H,3-4,11-13H2,1-2H3. The Kier molecular flexibility index (Phi) is 5.48. The van der Waals surface area contributed by atoms with Crippen LogP contribution in [0, 0.1) is 23.7 Å². The van der Waals surface area contributed by atoms with Crippen molar-refractivity contribution in [1.29, 1.82) is 0 Å². The Labute approximate surface area is 159 Å². The molecular weight excluding hydrogens is 400 g/mol. The van der Waals surface area contributed by atoms with Crippen LogP contribution in [0.15, 0.2) is 24.3 Å². The lowest BCUT2D eigenvalue weighted by Gasteiger charge is -2.18. The minimum absolute atomic E-state index is 0.0552. The Hall–Kier alpha value is -1.03. The molecule has 2 fully saturated rings. The maximum atomic E-state index is 12.4. The first-order valence-electron chi connectivity index (χ1n) is 8.81. The maximum absolute atomic E-state index is 12.4. The summed E-state index contributed by atoms with van der Waals surface area (Å²) < 4.78 is 27.5. The van der Waals surface area contributed by atoms with Crippen LogP contribution in [0.25, 0.3) is 0 Å². The summed E-state index contributed by atoms with van der Waals surface area (Å²) in [6.45, 7) is 6.44. The number of nitrogens with one attached hydrogen (secondary N) is 2. The predicted octanol–water partition coefficient (Wildman–Crippen LogP) is 3.10. The predicted molar refractivity (Wildman–Crippen MR) is 106 cm³/mol. The van der Waals surface area contributed by atoms with Gasteiger partial charge >= 0.3 is 0 Å². The SMILES string of the molecule is CCCC#CC(Br)CS(=O)(=O)Nc1cccc(C2(C)C3CNCC32)c1. The quantitative estimate of drug-likeness (QED) is 0.544. The van der Waals surface area contributed by atoms with Crippen molar-refractivity contribution in [3.8, 4) is 11.8 Å². The lowest BCUT2D eigenvalue weighted by atomic mass is 9.92. The van der Waals surface area contributed by atoms with Crippen LogP contribution < -0.4 is 10.0 Å². The van der Waals surface area contributed by atoms with Crippen molar-refractivity contribution in [2.24, 2.45) is 11.8 Å². The van der Waals surface area contributed by atoms with E-state index in [4.69, 9.17) is 0 Å². The van der Waals surface area contributed by atoms with E-state index in [-0.39, 0.29) is 16.0 Å². The molecule has 3 rings (SSSR count). The van der Waals surface area contributed by atoms with Crippen LogP contribution >= 0.6 is 15.9 Å². The highest BCUT2D eigenvalue weighted by atomic mass is 79.9. The fourth-order valence-electron chi connectivity index (χ4n) is 3.91. The molecule has 1 aliphatic carbocycles. The zero-order valence-corrected chi connectivity index (χ0v) is 17.1. The van der Waals surface area contributed by atoms with E-state index in [2.05, 4.69) is 50.8 Å². The lowest BCUT2D eigenvalue weighted by molar-refractivity contribution is 0.558. The van der Waals surface area contributed by atoms with Crippen LogP contribution in [0.4, 0.5) is 5.69 Å². The molecule has 3 unspecified atom stereocenters. The Morgan fingerprint density at radius 2 is 2.12 bits per heavy atom. The van der Waals surface area contributed by atoms with Gasteiger partial charge in [-0.2, -0.15) is 0 Å². The van der Waals surface area contributed by atoms with Crippen LogP contribution in [0.5, 0.6) is 0 Å². The fraction of sp³-hybridized carbons (Fsp3) is 0.579. The summed E-state index contributed by atoms with van der Waals surface area (Å²) in [6.07, 6.45) is 1.76. The number of hydrogen-bond acceptors (Lipinski definition) is 3. The van der Waals surface area contributed by atoms with E-state index >= 15 is 0 Å². The highest BCUT2D eigenvalue weighted by Crippen LogP contribution is 2.61. The van der Waals surface area contributed by atoms with E-state index in [0.717, 1.165) is 25.9 Å². The normalized spacial score (nSPS) is 28.6. The van der Waals surface area contributed by atoms with Gasteiger partial charge in [0.05, 0.1) is 10.6 Å². The van der Waals surface area contributed by atoms with Crippen LogP contribution in [0.1, 0.15) is 32.3 Å². The second-order valence-corrected chi connectivity index (χ2v) is 10.0. The fourth-order valence-corrected chi connectivity index (χ4v) is 6.15. The van der Waals surface area contributed by atoms with Crippen molar-refractivity contribution in [1.82, 2.24) is 5.32 Å². The molecule has 4 nitrogen and oxygen atoms in total. The number of halogens is 1. The van der Waals surface area contributed by atoms with Crippen molar-refractivity contribution >= 4 is 31.6 Å². The van der Waals surface area contributed by atoms with Gasteiger partial charge in [-0.25, -0.2) is 8.42 Å². The Morgan fingerprint density at radius 1 is 1.40 bits per heavy atom. The van der Waals surface area contributed by atoms with Crippen LogP contribution in [0.2, 0.25) is 0 Å². The zero-order chi connectivity index (χ0) is 18.1. The van der Waals surface area contributed by atoms with Crippen molar-refractivity contribution in [2.45, 2.75) is 36.9 Å². The molecule has 25 heavy (non-hydrogen) atoms. The second-order valence-electron chi connectivity index (χ2n) is 7.16. The van der Waals surface area contributed by atoms with Crippen molar-refractivity contribution in [3.05, 3.63) is 29.8 Å². The molecule has 1 aliphatic heterocycles. The van der Waals surface area contributed by atoms with E-state index in [1.54, 1.807) is 0 Å². The molecule has 6 heteroatoms. The number of piperidine rings is 1. The van der Waals surface area contributed by atoms with Crippen molar-refractivity contribution < 1.29 is 8.42 Å². The Balaban J connectivity index is 1.67. The van der Waals surface area contributed by atoms with Gasteiger partial charge < -0.3 is 5.32 Å². The largest absolute Gasteiger partial charge is 0.316 e. The minimum atomic E-state index is -3.44. The average Bonchev–Trinajstić information content (AvgIpc) is 2.91. The summed E-state index contributed by atoms with van der Waals surface area (Å²) in [4.78, 5) is -0.355. The molecule has 1 saturated carbocycles. The molecule has 136 valence electrons. The summed E-state index contributed by atoms with van der Waals surface area (Å²) in [5, 5.41) is 3.41. The van der Waals surface area contributed by atoms with E-state index in [9.17, 15) is 8.42 Å². The second kappa shape index (κ2) is 7.30. The zero-order valence-electron chi connectivity index (χ0n) is 14.7. The van der Waals surface area contributed by atoms with Crippen molar-refractivity contribution in [2.75, 3.05) is 23.6 Å². The summed E-state index contributed by atoms with van der Waals surface area (Å²) >= 11 is 3.35. The first-order valence-corrected chi connectivity index (χ1v) is 11.4. The van der Waals surface area contributed by atoms with Crippen molar-refractivity contribution in [3.63, 3.8) is 0 Å². The molecule has 1 aromatic rings. The number of hydrogen-bond donors (Lipinski definition) is 2. The summed E-state index contributed by atoms with van der Waals surface area (Å²) in [6, 6.07) is 7.85. The van der Waals surface area contributed by atoms with Gasteiger partial charge in [0.15, 0.2) is 0 Å². The number of fused-ring (bicyclic) bond motifs is 1. The summed E-state index contributed by atoms with van der Waals surface area (Å²) in [5.41, 5.74) is 2.04. The highest BCUT2D eigenvalue weighted by Gasteiger charge is 2.63. The first-order chi connectivity index (χ1) is 11.9. The van der Waals surface area contributed by atoms with Gasteiger partial charge in [0.2, 0.25) is 10.0 Å². The number of unbranched alkanes of at least 4 members (excludes halogenated alkanes) is 1. The molecule has 2 aliphatic rings.